The van der Waals surface area contributed by atoms with Crippen LogP contribution < -0.4 is 15.5 Å². The molecule has 10 nitrogen and oxygen atoms in total. The summed E-state index contributed by atoms with van der Waals surface area (Å²) in [6, 6.07) is 14.1. The van der Waals surface area contributed by atoms with E-state index < -0.39 is 30.5 Å². The minimum atomic E-state index is -0.672. The van der Waals surface area contributed by atoms with Gasteiger partial charge in [0.05, 0.1) is 35.4 Å². The summed E-state index contributed by atoms with van der Waals surface area (Å²) in [6.07, 6.45) is 1.23. The quantitative estimate of drug-likeness (QED) is 0.274. The lowest BCUT2D eigenvalue weighted by Crippen LogP contribution is -2.52. The molecule has 1 aromatic heterocycles. The van der Waals surface area contributed by atoms with Gasteiger partial charge in [-0.15, -0.1) is 0 Å². The highest BCUT2D eigenvalue weighted by molar-refractivity contribution is 6.62. The number of likely N-dealkylation sites (tertiary alicyclic amines) is 1. The molecule has 47 heavy (non-hydrogen) atoms. The molecule has 4 aliphatic rings. The van der Waals surface area contributed by atoms with Crippen molar-refractivity contribution in [2.75, 3.05) is 7.11 Å². The van der Waals surface area contributed by atoms with Gasteiger partial charge in [-0.2, -0.15) is 0 Å². The molecule has 3 aliphatic heterocycles. The molecule has 0 bridgehead atoms. The predicted octanol–water partition coefficient (Wildman–Crippen LogP) is 5.62. The average Bonchev–Trinajstić information content (AvgIpc) is 3.37. The Kier molecular flexibility index (Phi) is 6.73. The van der Waals surface area contributed by atoms with Gasteiger partial charge in [0.15, 0.2) is 0 Å². The predicted molar refractivity (Wildman–Crippen MR) is 179 cm³/mol. The largest absolute Gasteiger partial charge is 0.494 e. The van der Waals surface area contributed by atoms with Gasteiger partial charge in [0.2, 0.25) is 5.91 Å². The number of ether oxygens (including phenoxy) is 2. The summed E-state index contributed by atoms with van der Waals surface area (Å²) in [5, 5.41) is 4.81. The van der Waals surface area contributed by atoms with Gasteiger partial charge in [0.25, 0.3) is 0 Å². The number of carbonyl (C=O) groups excluding carboxylic acids is 2. The lowest BCUT2D eigenvalue weighted by molar-refractivity contribution is -0.136. The topological polar surface area (TPSA) is 115 Å². The number of aromatic nitrogens is 2. The number of fused-ring (bicyclic) bond motifs is 7. The molecule has 0 spiro atoms. The number of nitrogens with zero attached hydrogens (tertiary/aromatic N) is 2. The van der Waals surface area contributed by atoms with Crippen molar-refractivity contribution in [3.8, 4) is 16.9 Å². The first kappa shape index (κ1) is 30.3. The van der Waals surface area contributed by atoms with Gasteiger partial charge in [-0.25, -0.2) is 9.78 Å². The molecule has 4 atom stereocenters. The Morgan fingerprint density at radius 2 is 1.81 bits per heavy atom. The maximum Gasteiger partial charge on any atom is 0.494 e. The van der Waals surface area contributed by atoms with Crippen molar-refractivity contribution in [1.29, 1.82) is 0 Å². The first-order valence-electron chi connectivity index (χ1n) is 16.6. The SMILES string of the molecule is COC(=O)N[C@H](C(=O)N1[C@@H]2C[C@@H]2C[C@H]1c1nc2c(ccc3cc4c(cc32)OCc2cc(B3OC(C)(C)C(C)(C)O3)ccc2-4)[nH]1)C(C)C. The smallest absolute Gasteiger partial charge is 0.488 e. The number of carbonyl (C=O) groups is 2. The van der Waals surface area contributed by atoms with E-state index in [4.69, 9.17) is 23.8 Å². The Morgan fingerprint density at radius 3 is 2.53 bits per heavy atom. The Hall–Kier alpha value is -4.09. The number of benzene rings is 3. The number of piperidine rings is 1. The number of amides is 2. The number of alkyl carbamates (subject to hydrolysis) is 1. The van der Waals surface area contributed by atoms with E-state index in [2.05, 4.69) is 80.5 Å². The summed E-state index contributed by atoms with van der Waals surface area (Å²) >= 11 is 0. The van der Waals surface area contributed by atoms with Crippen molar-refractivity contribution in [2.24, 2.45) is 11.8 Å². The second-order valence-electron chi connectivity index (χ2n) is 14.9. The van der Waals surface area contributed by atoms with E-state index in [9.17, 15) is 9.59 Å². The molecule has 244 valence electrons. The van der Waals surface area contributed by atoms with Crippen LogP contribution in [-0.4, -0.2) is 64.4 Å². The van der Waals surface area contributed by atoms with E-state index in [1.54, 1.807) is 0 Å². The van der Waals surface area contributed by atoms with E-state index in [-0.39, 0.29) is 23.9 Å². The van der Waals surface area contributed by atoms with Gasteiger partial charge < -0.3 is 34.0 Å². The third-order valence-corrected chi connectivity index (χ3v) is 11.0. The van der Waals surface area contributed by atoms with Crippen LogP contribution in [-0.2, 0) is 25.4 Å². The number of rotatable bonds is 5. The van der Waals surface area contributed by atoms with Gasteiger partial charge in [0.1, 0.15) is 24.2 Å². The molecule has 0 unspecified atom stereocenters. The summed E-state index contributed by atoms with van der Waals surface area (Å²) < 4.78 is 23.8. The Balaban J connectivity index is 1.11. The summed E-state index contributed by atoms with van der Waals surface area (Å²) in [4.78, 5) is 36.6. The maximum atomic E-state index is 13.9. The Morgan fingerprint density at radius 1 is 1.04 bits per heavy atom. The van der Waals surface area contributed by atoms with Gasteiger partial charge in [-0.05, 0) is 92.5 Å². The van der Waals surface area contributed by atoms with Crippen molar-refractivity contribution in [2.45, 2.75) is 90.3 Å². The zero-order chi connectivity index (χ0) is 33.0. The highest BCUT2D eigenvalue weighted by atomic mass is 16.7. The number of nitrogens with one attached hydrogen (secondary N) is 2. The average molecular weight is 637 g/mol. The maximum absolute atomic E-state index is 13.9. The molecule has 3 aromatic carbocycles. The lowest BCUT2D eigenvalue weighted by atomic mass is 9.77. The molecule has 4 heterocycles. The fourth-order valence-electron chi connectivity index (χ4n) is 7.49. The molecule has 8 rings (SSSR count). The monoisotopic (exact) mass is 636 g/mol. The number of H-pyrrole nitrogens is 1. The fraction of sp³-hybridized carbons (Fsp3) is 0.472. The zero-order valence-electron chi connectivity index (χ0n) is 28.0. The summed E-state index contributed by atoms with van der Waals surface area (Å²) in [5.74, 6) is 1.86. The minimum Gasteiger partial charge on any atom is -0.488 e. The third-order valence-electron chi connectivity index (χ3n) is 11.0. The van der Waals surface area contributed by atoms with Gasteiger partial charge in [-0.3, -0.25) is 4.79 Å². The number of hydrogen-bond acceptors (Lipinski definition) is 7. The van der Waals surface area contributed by atoms with Crippen molar-refractivity contribution >= 4 is 46.4 Å². The molecule has 2 saturated heterocycles. The van der Waals surface area contributed by atoms with Crippen LogP contribution >= 0.6 is 0 Å². The van der Waals surface area contributed by atoms with Crippen molar-refractivity contribution < 1.29 is 28.4 Å². The molecular weight excluding hydrogens is 595 g/mol. The lowest BCUT2D eigenvalue weighted by Gasteiger charge is -2.32. The van der Waals surface area contributed by atoms with Gasteiger partial charge in [0, 0.05) is 17.0 Å². The third kappa shape index (κ3) is 4.80. The second-order valence-corrected chi connectivity index (χ2v) is 14.9. The van der Waals surface area contributed by atoms with Crippen LogP contribution in [0, 0.1) is 11.8 Å². The van der Waals surface area contributed by atoms with E-state index in [1.165, 1.54) is 7.11 Å². The first-order chi connectivity index (χ1) is 22.3. The van der Waals surface area contributed by atoms with E-state index in [0.29, 0.717) is 12.5 Å². The summed E-state index contributed by atoms with van der Waals surface area (Å²) in [6.45, 7) is 12.6. The molecule has 0 radical (unpaired) electrons. The second kappa shape index (κ2) is 10.5. The molecule has 2 N–H and O–H groups in total. The normalized spacial score (nSPS) is 24.1. The Labute approximate surface area is 274 Å². The van der Waals surface area contributed by atoms with E-state index in [1.807, 2.05) is 18.7 Å². The van der Waals surface area contributed by atoms with Crippen molar-refractivity contribution in [1.82, 2.24) is 20.2 Å². The fourth-order valence-corrected chi connectivity index (χ4v) is 7.49. The molecule has 11 heteroatoms. The van der Waals surface area contributed by atoms with Gasteiger partial charge in [-0.1, -0.05) is 38.1 Å². The van der Waals surface area contributed by atoms with E-state index in [0.717, 1.165) is 68.4 Å². The van der Waals surface area contributed by atoms with Crippen LogP contribution in [0.25, 0.3) is 32.9 Å². The van der Waals surface area contributed by atoms with E-state index >= 15 is 0 Å². The van der Waals surface area contributed by atoms with Crippen LogP contribution in [0.2, 0.25) is 0 Å². The first-order valence-corrected chi connectivity index (χ1v) is 16.6. The standard InChI is InChI=1S/C36H41BN4O6/c1-18(2)30(40-34(43)44-7)33(42)41-27-14-20(27)15-28(41)32-38-26-11-8-19-13-25-23-10-9-22(37-46-35(3,4)36(5,6)47-37)12-21(23)17-45-29(25)16-24(19)31(26)39-32/h8-13,16,18,20,27-28,30H,14-15,17H2,1-7H3,(H,38,39)(H,40,43)/t20-,27-,28+,30+/m1/s1. The summed E-state index contributed by atoms with van der Waals surface area (Å²) in [7, 11) is 0.883. The molecule has 1 aliphatic carbocycles. The molecular formula is C36H41BN4O6. The summed E-state index contributed by atoms with van der Waals surface area (Å²) in [5.41, 5.74) is 5.21. The number of aromatic amines is 1. The van der Waals surface area contributed by atoms with Crippen LogP contribution in [0.15, 0.2) is 42.5 Å². The molecule has 4 aromatic rings. The Bertz CT molecular complexity index is 1940. The van der Waals surface area contributed by atoms with Crippen LogP contribution in [0.4, 0.5) is 4.79 Å². The molecule has 2 amide bonds. The highest BCUT2D eigenvalue weighted by Crippen LogP contribution is 2.54. The van der Waals surface area contributed by atoms with Crippen molar-refractivity contribution in [3.05, 3.63) is 53.9 Å². The van der Waals surface area contributed by atoms with Crippen LogP contribution in [0.1, 0.15) is 71.8 Å². The highest BCUT2D eigenvalue weighted by Gasteiger charge is 2.56. The number of imidazole rings is 1. The minimum absolute atomic E-state index is 0.0894. The van der Waals surface area contributed by atoms with Crippen LogP contribution in [0.3, 0.4) is 0 Å². The zero-order valence-corrected chi connectivity index (χ0v) is 28.0. The van der Waals surface area contributed by atoms with Gasteiger partial charge >= 0.3 is 13.2 Å². The number of methoxy groups -OCH3 is 1. The number of hydrogen-bond donors (Lipinski definition) is 2. The molecule has 3 fully saturated rings. The van der Waals surface area contributed by atoms with Crippen LogP contribution in [0.5, 0.6) is 5.75 Å². The molecule has 1 saturated carbocycles. The van der Waals surface area contributed by atoms with Crippen molar-refractivity contribution in [3.63, 3.8) is 0 Å².